The lowest BCUT2D eigenvalue weighted by Crippen LogP contribution is -2.22. The third kappa shape index (κ3) is 3.14. The van der Waals surface area contributed by atoms with Crippen molar-refractivity contribution in [1.82, 2.24) is 14.8 Å². The van der Waals surface area contributed by atoms with Crippen LogP contribution >= 0.6 is 0 Å². The molecule has 0 unspecified atom stereocenters. The van der Waals surface area contributed by atoms with Gasteiger partial charge in [-0.2, -0.15) is 13.9 Å². The topological polar surface area (TPSA) is 85.8 Å². The Bertz CT molecular complexity index is 746. The first-order valence-corrected chi connectivity index (χ1v) is 7.85. The molecular weight excluding hydrogens is 316 g/mol. The van der Waals surface area contributed by atoms with Gasteiger partial charge in [0.25, 0.3) is 0 Å². The van der Waals surface area contributed by atoms with Crippen molar-refractivity contribution in [2.75, 3.05) is 5.32 Å². The number of fused-ring (bicyclic) bond motifs is 4. The number of alkyl halides is 2. The van der Waals surface area contributed by atoms with Gasteiger partial charge in [0.2, 0.25) is 5.91 Å². The number of hydrogen-bond acceptors (Lipinski definition) is 4. The summed E-state index contributed by atoms with van der Waals surface area (Å²) in [6.45, 7) is -1.01. The maximum atomic E-state index is 13.3. The molecular formula is C16H19F2N5O. The molecule has 3 heterocycles. The van der Waals surface area contributed by atoms with Gasteiger partial charge in [-0.25, -0.2) is 4.68 Å². The monoisotopic (exact) mass is 335 g/mol. The van der Waals surface area contributed by atoms with E-state index in [-0.39, 0.29) is 29.2 Å². The van der Waals surface area contributed by atoms with Gasteiger partial charge in [-0.05, 0) is 25.0 Å². The number of carbonyl (C=O) groups is 1. The summed E-state index contributed by atoms with van der Waals surface area (Å²) in [6.07, 6.45) is 4.91. The molecule has 8 heteroatoms. The molecule has 1 amide bonds. The van der Waals surface area contributed by atoms with Crippen LogP contribution in [0.5, 0.6) is 0 Å². The molecule has 0 spiro atoms. The van der Waals surface area contributed by atoms with E-state index in [0.717, 1.165) is 6.42 Å². The van der Waals surface area contributed by atoms with Crippen LogP contribution in [0.15, 0.2) is 24.5 Å². The van der Waals surface area contributed by atoms with E-state index in [4.69, 9.17) is 5.73 Å². The largest absolute Gasteiger partial charge is 0.333 e. The predicted octanol–water partition coefficient (Wildman–Crippen LogP) is 3.10. The van der Waals surface area contributed by atoms with Crippen molar-refractivity contribution in [3.8, 4) is 11.3 Å². The minimum atomic E-state index is -2.82. The number of nitrogens with two attached hydrogens (primary N) is 1. The summed E-state index contributed by atoms with van der Waals surface area (Å²) in [5, 5.41) is 6.44. The maximum absolute atomic E-state index is 13.3. The third-order valence-electron chi connectivity index (χ3n) is 4.27. The average molecular weight is 335 g/mol. The van der Waals surface area contributed by atoms with Crippen LogP contribution in [0.25, 0.3) is 11.3 Å². The summed E-state index contributed by atoms with van der Waals surface area (Å²) in [6, 6.07) is 2.99. The first-order valence-electron chi connectivity index (χ1n) is 7.85. The van der Waals surface area contributed by atoms with Crippen LogP contribution in [0, 0.1) is 5.92 Å². The highest BCUT2D eigenvalue weighted by Gasteiger charge is 2.23. The number of aromatic nitrogens is 3. The first kappa shape index (κ1) is 16.5. The minimum Gasteiger partial charge on any atom is -0.323 e. The minimum absolute atomic E-state index is 0.155. The van der Waals surface area contributed by atoms with Crippen molar-refractivity contribution in [1.29, 1.82) is 0 Å². The van der Waals surface area contributed by atoms with E-state index in [9.17, 15) is 13.6 Å². The lowest BCUT2D eigenvalue weighted by Gasteiger charge is -2.18. The van der Waals surface area contributed by atoms with Gasteiger partial charge in [0.05, 0.1) is 23.3 Å². The Morgan fingerprint density at radius 2 is 2.21 bits per heavy atom. The van der Waals surface area contributed by atoms with Gasteiger partial charge in [-0.1, -0.05) is 13.3 Å². The molecule has 2 aromatic rings. The second kappa shape index (κ2) is 6.64. The molecule has 0 fully saturated rings. The SMILES string of the molecule is C[C@H]1CCC[C@H](N)c2cc(ccn2)-c2c(cnn2C(F)F)NC1=O. The van der Waals surface area contributed by atoms with E-state index < -0.39 is 6.55 Å². The predicted molar refractivity (Wildman–Crippen MR) is 85.3 cm³/mol. The number of hydrogen-bond donors (Lipinski definition) is 2. The molecule has 2 bridgehead atoms. The van der Waals surface area contributed by atoms with Crippen LogP contribution in [-0.4, -0.2) is 20.7 Å². The van der Waals surface area contributed by atoms with Crippen molar-refractivity contribution in [2.45, 2.75) is 38.8 Å². The second-order valence-electron chi connectivity index (χ2n) is 6.03. The summed E-state index contributed by atoms with van der Waals surface area (Å²) in [4.78, 5) is 16.6. The Kier molecular flexibility index (Phi) is 4.57. The van der Waals surface area contributed by atoms with Crippen LogP contribution in [0.4, 0.5) is 14.5 Å². The lowest BCUT2D eigenvalue weighted by atomic mass is 9.97. The van der Waals surface area contributed by atoms with Crippen molar-refractivity contribution in [2.24, 2.45) is 11.7 Å². The summed E-state index contributed by atoms with van der Waals surface area (Å²) in [7, 11) is 0. The Morgan fingerprint density at radius 3 is 2.96 bits per heavy atom. The van der Waals surface area contributed by atoms with E-state index in [1.165, 1.54) is 12.4 Å². The fraction of sp³-hybridized carbons (Fsp3) is 0.438. The van der Waals surface area contributed by atoms with Gasteiger partial charge in [-0.3, -0.25) is 9.78 Å². The standard InChI is InChI=1S/C16H19F2N5O/c1-9-3-2-4-11(19)12-7-10(5-6-20-12)14-13(22-15(9)24)8-21-23(14)16(17)18/h5-9,11,16H,2-4,19H2,1H3,(H,22,24)/t9-,11-/m0/s1. The van der Waals surface area contributed by atoms with Gasteiger partial charge < -0.3 is 11.1 Å². The van der Waals surface area contributed by atoms with Crippen LogP contribution in [0.2, 0.25) is 0 Å². The van der Waals surface area contributed by atoms with Crippen LogP contribution in [-0.2, 0) is 4.79 Å². The van der Waals surface area contributed by atoms with Crippen LogP contribution in [0.3, 0.4) is 0 Å². The highest BCUT2D eigenvalue weighted by Crippen LogP contribution is 2.33. The quantitative estimate of drug-likeness (QED) is 0.838. The second-order valence-corrected chi connectivity index (χ2v) is 6.03. The number of pyridine rings is 1. The van der Waals surface area contributed by atoms with Gasteiger partial charge in [-0.15, -0.1) is 0 Å². The molecule has 0 aromatic carbocycles. The van der Waals surface area contributed by atoms with Crippen molar-refractivity contribution in [3.05, 3.63) is 30.2 Å². The van der Waals surface area contributed by atoms with E-state index in [1.807, 2.05) is 0 Å². The highest BCUT2D eigenvalue weighted by molar-refractivity contribution is 5.95. The number of nitrogens with zero attached hydrogens (tertiary/aromatic N) is 3. The molecule has 1 aliphatic rings. The maximum Gasteiger partial charge on any atom is 0.333 e. The van der Waals surface area contributed by atoms with Gasteiger partial charge >= 0.3 is 6.55 Å². The number of nitrogens with one attached hydrogen (secondary N) is 1. The molecule has 3 N–H and O–H groups in total. The normalized spacial score (nSPS) is 21.6. The summed E-state index contributed by atoms with van der Waals surface area (Å²) in [5.74, 6) is -0.459. The van der Waals surface area contributed by atoms with Crippen LogP contribution in [0.1, 0.15) is 44.5 Å². The zero-order chi connectivity index (χ0) is 17.3. The smallest absolute Gasteiger partial charge is 0.323 e. The Labute approximate surface area is 138 Å². The average Bonchev–Trinajstić information content (AvgIpc) is 2.97. The molecule has 3 rings (SSSR count). The molecule has 0 aliphatic carbocycles. The van der Waals surface area contributed by atoms with Crippen molar-refractivity contribution >= 4 is 11.6 Å². The number of amides is 1. The lowest BCUT2D eigenvalue weighted by molar-refractivity contribution is -0.119. The molecule has 0 radical (unpaired) electrons. The molecule has 2 aromatic heterocycles. The molecule has 0 saturated heterocycles. The molecule has 2 atom stereocenters. The van der Waals surface area contributed by atoms with Crippen molar-refractivity contribution in [3.63, 3.8) is 0 Å². The fourth-order valence-electron chi connectivity index (χ4n) is 2.87. The van der Waals surface area contributed by atoms with E-state index in [0.29, 0.717) is 28.8 Å². The molecule has 0 saturated carbocycles. The number of anilines is 1. The highest BCUT2D eigenvalue weighted by atomic mass is 19.3. The number of rotatable bonds is 1. The molecule has 24 heavy (non-hydrogen) atoms. The molecule has 128 valence electrons. The summed E-state index contributed by atoms with van der Waals surface area (Å²) < 4.78 is 27.2. The number of carbonyl (C=O) groups excluding carboxylic acids is 1. The Balaban J connectivity index is 2.15. The Hall–Kier alpha value is -2.35. The van der Waals surface area contributed by atoms with Gasteiger partial charge in [0, 0.05) is 23.7 Å². The zero-order valence-corrected chi connectivity index (χ0v) is 13.2. The van der Waals surface area contributed by atoms with Crippen LogP contribution < -0.4 is 11.1 Å². The number of halogens is 2. The summed E-state index contributed by atoms with van der Waals surface area (Å²) in [5.41, 5.74) is 7.71. The first-order chi connectivity index (χ1) is 11.5. The summed E-state index contributed by atoms with van der Waals surface area (Å²) >= 11 is 0. The van der Waals surface area contributed by atoms with E-state index in [2.05, 4.69) is 15.4 Å². The van der Waals surface area contributed by atoms with E-state index >= 15 is 0 Å². The molecule has 6 nitrogen and oxygen atoms in total. The van der Waals surface area contributed by atoms with Gasteiger partial charge in [0.15, 0.2) is 0 Å². The zero-order valence-electron chi connectivity index (χ0n) is 13.2. The Morgan fingerprint density at radius 1 is 1.42 bits per heavy atom. The van der Waals surface area contributed by atoms with E-state index in [1.54, 1.807) is 19.1 Å². The molecule has 1 aliphatic heterocycles. The fourth-order valence-corrected chi connectivity index (χ4v) is 2.87. The van der Waals surface area contributed by atoms with Crippen molar-refractivity contribution < 1.29 is 13.6 Å². The third-order valence-corrected chi connectivity index (χ3v) is 4.27. The van der Waals surface area contributed by atoms with Gasteiger partial charge in [0.1, 0.15) is 0 Å².